The number of ketones is 1. The number of hydrogen-bond acceptors (Lipinski definition) is 4. The number of likely N-dealkylation sites (tertiary alicyclic amines) is 1. The van der Waals surface area contributed by atoms with Gasteiger partial charge >= 0.3 is 0 Å². The molecule has 1 aliphatic rings. The van der Waals surface area contributed by atoms with Gasteiger partial charge in [-0.15, -0.1) is 0 Å². The minimum atomic E-state index is -0.829. The molecule has 1 unspecified atom stereocenters. The molecule has 2 aromatic carbocycles. The highest BCUT2D eigenvalue weighted by Crippen LogP contribution is 2.40. The van der Waals surface area contributed by atoms with Gasteiger partial charge in [0.1, 0.15) is 5.75 Å². The first-order chi connectivity index (χ1) is 15.7. The number of Topliss-reactive ketones (excluding diaryl/α,β-unsaturated/α-hetero) is 1. The fourth-order valence-electron chi connectivity index (χ4n) is 4.19. The van der Waals surface area contributed by atoms with Gasteiger partial charge in [0.2, 0.25) is 5.78 Å². The van der Waals surface area contributed by atoms with Gasteiger partial charge < -0.3 is 19.6 Å². The standard InChI is InChI=1S/C25H28Cl2N2O4/c1-5-28(6-2)11-12-29-22(16-7-9-18(26)19(27)14-16)21(24(31)25(29)32)23(30)17-8-10-20(33-4)15(3)13-17/h7-10,13-14,22,30H,5-6,11-12H2,1-4H3/b23-21+. The Morgan fingerprint density at radius 1 is 1.09 bits per heavy atom. The highest BCUT2D eigenvalue weighted by molar-refractivity contribution is 6.46. The van der Waals surface area contributed by atoms with Crippen molar-refractivity contribution in [3.63, 3.8) is 0 Å². The van der Waals surface area contributed by atoms with Gasteiger partial charge in [0.15, 0.2) is 0 Å². The molecule has 1 fully saturated rings. The Bertz CT molecular complexity index is 1100. The highest BCUT2D eigenvalue weighted by atomic mass is 35.5. The lowest BCUT2D eigenvalue weighted by atomic mass is 9.94. The summed E-state index contributed by atoms with van der Waals surface area (Å²) in [6.07, 6.45) is 0. The minimum absolute atomic E-state index is 0.0718. The predicted octanol–water partition coefficient (Wildman–Crippen LogP) is 2.46. The molecule has 6 nitrogen and oxygen atoms in total. The van der Waals surface area contributed by atoms with Crippen LogP contribution in [0, 0.1) is 6.92 Å². The van der Waals surface area contributed by atoms with Gasteiger partial charge in [-0.25, -0.2) is 0 Å². The van der Waals surface area contributed by atoms with Gasteiger partial charge in [0.05, 0.1) is 49.4 Å². The monoisotopic (exact) mass is 490 g/mol. The molecule has 176 valence electrons. The molecule has 1 aliphatic heterocycles. The summed E-state index contributed by atoms with van der Waals surface area (Å²) >= 11 is 12.3. The number of methoxy groups -OCH3 is 1. The fraction of sp³-hybridized carbons (Fsp3) is 0.360. The van der Waals surface area contributed by atoms with E-state index in [2.05, 4.69) is 13.8 Å². The molecular formula is C25H28Cl2N2O4. The number of nitrogens with one attached hydrogen (secondary N) is 1. The summed E-state index contributed by atoms with van der Waals surface area (Å²) in [6.45, 7) is 8.74. The maximum Gasteiger partial charge on any atom is 0.295 e. The third-order valence-corrected chi connectivity index (χ3v) is 6.89. The van der Waals surface area contributed by atoms with E-state index < -0.39 is 23.5 Å². The fourth-order valence-corrected chi connectivity index (χ4v) is 4.49. The molecule has 1 atom stereocenters. The molecule has 1 N–H and O–H groups in total. The second-order valence-corrected chi connectivity index (χ2v) is 8.85. The Morgan fingerprint density at radius 3 is 2.36 bits per heavy atom. The van der Waals surface area contributed by atoms with Gasteiger partial charge in [-0.1, -0.05) is 41.1 Å². The van der Waals surface area contributed by atoms with Crippen molar-refractivity contribution in [3.05, 3.63) is 68.7 Å². The summed E-state index contributed by atoms with van der Waals surface area (Å²) in [6, 6.07) is 9.05. The molecule has 8 heteroatoms. The van der Waals surface area contributed by atoms with Crippen molar-refractivity contribution < 1.29 is 24.3 Å². The Morgan fingerprint density at radius 2 is 1.79 bits per heavy atom. The molecule has 0 aromatic heterocycles. The molecule has 0 bridgehead atoms. The van der Waals surface area contributed by atoms with Crippen LogP contribution in [0.2, 0.25) is 10.0 Å². The van der Waals surface area contributed by atoms with Crippen molar-refractivity contribution in [2.24, 2.45) is 0 Å². The summed E-state index contributed by atoms with van der Waals surface area (Å²) in [5.74, 6) is -1.30. The smallest absolute Gasteiger partial charge is 0.295 e. The van der Waals surface area contributed by atoms with Crippen molar-refractivity contribution in [3.8, 4) is 5.75 Å². The first-order valence-corrected chi connectivity index (χ1v) is 11.7. The number of ether oxygens (including phenoxy) is 1. The first-order valence-electron chi connectivity index (χ1n) is 10.9. The van der Waals surface area contributed by atoms with E-state index in [1.54, 1.807) is 43.5 Å². The van der Waals surface area contributed by atoms with Crippen LogP contribution >= 0.6 is 23.2 Å². The number of hydrogen-bond donors (Lipinski definition) is 1. The molecule has 2 aromatic rings. The lowest BCUT2D eigenvalue weighted by Gasteiger charge is -2.29. The van der Waals surface area contributed by atoms with Crippen LogP contribution in [0.4, 0.5) is 0 Å². The number of aryl methyl sites for hydroxylation is 1. The van der Waals surface area contributed by atoms with Crippen LogP contribution in [0.15, 0.2) is 42.0 Å². The van der Waals surface area contributed by atoms with E-state index in [1.807, 2.05) is 6.92 Å². The predicted molar refractivity (Wildman–Crippen MR) is 127 cm³/mol. The minimum Gasteiger partial charge on any atom is -0.872 e. The van der Waals surface area contributed by atoms with Crippen molar-refractivity contribution in [2.45, 2.75) is 26.8 Å². The number of likely N-dealkylation sites (N-methyl/N-ethyl adjacent to an activating group) is 1. The Hall–Kier alpha value is -2.54. The van der Waals surface area contributed by atoms with E-state index in [0.717, 1.165) is 18.7 Å². The van der Waals surface area contributed by atoms with Gasteiger partial charge in [-0.05, 0) is 61.7 Å². The molecule has 3 rings (SSSR count). The molecule has 0 radical (unpaired) electrons. The molecule has 1 amide bonds. The van der Waals surface area contributed by atoms with E-state index in [-0.39, 0.29) is 5.57 Å². The van der Waals surface area contributed by atoms with E-state index >= 15 is 0 Å². The van der Waals surface area contributed by atoms with Gasteiger partial charge in [-0.3, -0.25) is 9.59 Å². The largest absolute Gasteiger partial charge is 0.872 e. The maximum absolute atomic E-state index is 13.5. The van der Waals surface area contributed by atoms with Crippen molar-refractivity contribution in [1.82, 2.24) is 4.90 Å². The average Bonchev–Trinajstić information content (AvgIpc) is 3.06. The average molecular weight is 491 g/mol. The number of carbonyl (C=O) groups excluding carboxylic acids is 2. The third kappa shape index (κ3) is 5.03. The summed E-state index contributed by atoms with van der Waals surface area (Å²) in [7, 11) is 1.55. The van der Waals surface area contributed by atoms with E-state index in [0.29, 0.717) is 40.0 Å². The number of rotatable bonds is 8. The maximum atomic E-state index is 13.5. The summed E-state index contributed by atoms with van der Waals surface area (Å²) in [5.41, 5.74) is 1.59. The number of amides is 1. The van der Waals surface area contributed by atoms with Crippen molar-refractivity contribution in [2.75, 3.05) is 33.3 Å². The molecule has 0 aliphatic carbocycles. The van der Waals surface area contributed by atoms with Gasteiger partial charge in [0, 0.05) is 5.57 Å². The second-order valence-electron chi connectivity index (χ2n) is 8.04. The SMILES string of the molecule is CC[NH+](CC)CCN1C(=O)C(=O)/C(=C(/[O-])c2ccc(OC)c(C)c2)C1c1ccc(Cl)c(Cl)c1. The van der Waals surface area contributed by atoms with Crippen LogP contribution in [0.3, 0.4) is 0 Å². The number of halogens is 2. The van der Waals surface area contributed by atoms with E-state index in [9.17, 15) is 14.7 Å². The summed E-state index contributed by atoms with van der Waals surface area (Å²) in [5, 5.41) is 14.2. The van der Waals surface area contributed by atoms with E-state index in [4.69, 9.17) is 27.9 Å². The van der Waals surface area contributed by atoms with Crippen LogP contribution in [-0.4, -0.2) is 49.9 Å². The number of carbonyl (C=O) groups is 2. The molecule has 1 heterocycles. The van der Waals surface area contributed by atoms with Gasteiger partial charge in [-0.2, -0.15) is 0 Å². The van der Waals surface area contributed by atoms with Crippen molar-refractivity contribution >= 4 is 40.7 Å². The Balaban J connectivity index is 2.14. The molecule has 1 saturated heterocycles. The summed E-state index contributed by atoms with van der Waals surface area (Å²) < 4.78 is 5.27. The highest BCUT2D eigenvalue weighted by Gasteiger charge is 2.44. The second kappa shape index (κ2) is 10.6. The number of nitrogens with zero attached hydrogens (tertiary/aromatic N) is 1. The lowest BCUT2D eigenvalue weighted by molar-refractivity contribution is -0.895. The lowest BCUT2D eigenvalue weighted by Crippen LogP contribution is -3.12. The van der Waals surface area contributed by atoms with Crippen LogP contribution < -0.4 is 14.7 Å². The van der Waals surface area contributed by atoms with Crippen LogP contribution in [-0.2, 0) is 9.59 Å². The van der Waals surface area contributed by atoms with Crippen LogP contribution in [0.1, 0.15) is 36.6 Å². The zero-order valence-corrected chi connectivity index (χ0v) is 20.7. The quantitative estimate of drug-likeness (QED) is 0.350. The molecule has 0 spiro atoms. The zero-order valence-electron chi connectivity index (χ0n) is 19.2. The van der Waals surface area contributed by atoms with Crippen LogP contribution in [0.5, 0.6) is 5.75 Å². The van der Waals surface area contributed by atoms with Crippen LogP contribution in [0.25, 0.3) is 5.76 Å². The third-order valence-electron chi connectivity index (χ3n) is 6.15. The zero-order chi connectivity index (χ0) is 24.3. The molecular weight excluding hydrogens is 463 g/mol. The topological polar surface area (TPSA) is 74.1 Å². The Labute approximate surface area is 204 Å². The normalized spacial score (nSPS) is 17.8. The molecule has 33 heavy (non-hydrogen) atoms. The van der Waals surface area contributed by atoms with E-state index in [1.165, 1.54) is 9.80 Å². The number of benzene rings is 2. The van der Waals surface area contributed by atoms with Gasteiger partial charge in [0.25, 0.3) is 5.91 Å². The summed E-state index contributed by atoms with van der Waals surface area (Å²) in [4.78, 5) is 28.9. The Kier molecular flexibility index (Phi) is 8.05. The number of quaternary nitrogens is 1. The molecule has 0 saturated carbocycles. The van der Waals surface area contributed by atoms with Crippen molar-refractivity contribution in [1.29, 1.82) is 0 Å². The first kappa shape index (κ1) is 25.1.